The minimum Gasteiger partial charge on any atom is -0.382 e. The molecule has 0 amide bonds. The van der Waals surface area contributed by atoms with Crippen LogP contribution in [0.4, 0.5) is 0 Å². The fraction of sp³-hybridized carbons (Fsp3) is 0.810. The molecule has 0 aromatic heterocycles. The Bertz CT molecular complexity index is 635. The van der Waals surface area contributed by atoms with Gasteiger partial charge < -0.3 is 5.11 Å². The van der Waals surface area contributed by atoms with Gasteiger partial charge in [-0.15, -0.1) is 0 Å². The minimum atomic E-state index is -1.13. The van der Waals surface area contributed by atoms with Crippen molar-refractivity contribution in [2.75, 3.05) is 0 Å². The number of rotatable bonds is 1. The lowest BCUT2D eigenvalue weighted by Crippen LogP contribution is -2.56. The van der Waals surface area contributed by atoms with Gasteiger partial charge in [0.05, 0.1) is 0 Å². The Hall–Kier alpha value is -0.960. The Morgan fingerprint density at radius 1 is 1.17 bits per heavy atom. The molecule has 4 rings (SSSR count). The third-order valence-corrected chi connectivity index (χ3v) is 8.67. The van der Waals surface area contributed by atoms with Crippen molar-refractivity contribution < 1.29 is 14.7 Å². The summed E-state index contributed by atoms with van der Waals surface area (Å²) in [6.07, 6.45) is 9.33. The number of aliphatic hydroxyl groups is 1. The molecule has 0 aromatic rings. The zero-order valence-corrected chi connectivity index (χ0v) is 15.2. The molecule has 5 unspecified atom stereocenters. The molecule has 0 bridgehead atoms. The highest BCUT2D eigenvalue weighted by Crippen LogP contribution is 2.67. The average Bonchev–Trinajstić information content (AvgIpc) is 2.81. The van der Waals surface area contributed by atoms with Crippen LogP contribution >= 0.6 is 0 Å². The van der Waals surface area contributed by atoms with Crippen LogP contribution in [0.15, 0.2) is 11.6 Å². The Labute approximate surface area is 144 Å². The molecule has 132 valence electrons. The van der Waals surface area contributed by atoms with Gasteiger partial charge >= 0.3 is 0 Å². The van der Waals surface area contributed by atoms with Gasteiger partial charge in [0.2, 0.25) is 0 Å². The number of carbonyl (C=O) groups excluding carboxylic acids is 2. The van der Waals surface area contributed by atoms with E-state index in [1.807, 2.05) is 0 Å². The van der Waals surface area contributed by atoms with Crippen LogP contribution in [0.1, 0.15) is 72.1 Å². The number of hydrogen-bond acceptors (Lipinski definition) is 3. The van der Waals surface area contributed by atoms with Crippen molar-refractivity contribution in [2.45, 2.75) is 77.7 Å². The van der Waals surface area contributed by atoms with Crippen molar-refractivity contribution in [2.24, 2.45) is 28.6 Å². The number of Topliss-reactive ketones (excluding diaryl/α,β-unsaturated/α-hetero) is 2. The van der Waals surface area contributed by atoms with E-state index >= 15 is 0 Å². The number of fused-ring (bicyclic) bond motifs is 5. The van der Waals surface area contributed by atoms with Gasteiger partial charge in [0.1, 0.15) is 11.4 Å². The second-order valence-electron chi connectivity index (χ2n) is 9.39. The van der Waals surface area contributed by atoms with Crippen molar-refractivity contribution >= 4 is 11.6 Å². The lowest BCUT2D eigenvalue weighted by Gasteiger charge is -2.58. The van der Waals surface area contributed by atoms with Gasteiger partial charge in [0.25, 0.3) is 0 Å². The predicted octanol–water partition coefficient (Wildman–Crippen LogP) is 3.84. The topological polar surface area (TPSA) is 54.4 Å². The first-order chi connectivity index (χ1) is 11.2. The van der Waals surface area contributed by atoms with Crippen LogP contribution in [-0.2, 0) is 9.59 Å². The van der Waals surface area contributed by atoms with Crippen LogP contribution < -0.4 is 0 Å². The average molecular weight is 330 g/mol. The van der Waals surface area contributed by atoms with Crippen molar-refractivity contribution in [3.05, 3.63) is 11.6 Å². The SMILES string of the molecule is CC(=O)[C@@]1(O)CCC2C3CC=C4CC(=O)CCC4(C)C3CCC21C. The molecule has 3 heteroatoms. The standard InChI is InChI=1S/C21H30O3/c1-13(22)21(24)11-8-18-16-5-4-14-12-15(23)6-9-19(14,2)17(16)7-10-20(18,21)3/h4,16-18,24H,5-12H2,1-3H3/t16?,17?,18?,19?,20?,21-/m0/s1. The van der Waals surface area contributed by atoms with E-state index in [9.17, 15) is 14.7 Å². The number of hydrogen-bond donors (Lipinski definition) is 1. The summed E-state index contributed by atoms with van der Waals surface area (Å²) in [4.78, 5) is 24.1. The molecule has 3 nitrogen and oxygen atoms in total. The highest BCUT2D eigenvalue weighted by atomic mass is 16.3. The lowest BCUT2D eigenvalue weighted by atomic mass is 9.47. The molecule has 0 aliphatic heterocycles. The Morgan fingerprint density at radius 3 is 2.58 bits per heavy atom. The fourth-order valence-electron chi connectivity index (χ4n) is 7.07. The smallest absolute Gasteiger partial charge is 0.161 e. The van der Waals surface area contributed by atoms with E-state index in [0.29, 0.717) is 36.4 Å². The number of allylic oxidation sites excluding steroid dienone is 2. The van der Waals surface area contributed by atoms with Gasteiger partial charge in [-0.3, -0.25) is 9.59 Å². The fourth-order valence-corrected chi connectivity index (χ4v) is 7.07. The van der Waals surface area contributed by atoms with E-state index in [-0.39, 0.29) is 16.6 Å². The summed E-state index contributed by atoms with van der Waals surface area (Å²) < 4.78 is 0. The van der Waals surface area contributed by atoms with Gasteiger partial charge in [-0.2, -0.15) is 0 Å². The quantitative estimate of drug-likeness (QED) is 0.743. The lowest BCUT2D eigenvalue weighted by molar-refractivity contribution is -0.159. The molecule has 0 aromatic carbocycles. The maximum atomic E-state index is 12.2. The van der Waals surface area contributed by atoms with Gasteiger partial charge in [-0.1, -0.05) is 25.5 Å². The Balaban J connectivity index is 1.70. The summed E-state index contributed by atoms with van der Waals surface area (Å²) in [6.45, 7) is 6.10. The second kappa shape index (κ2) is 5.03. The first-order valence-electron chi connectivity index (χ1n) is 9.67. The van der Waals surface area contributed by atoms with E-state index < -0.39 is 5.60 Å². The van der Waals surface area contributed by atoms with Crippen LogP contribution in [0.25, 0.3) is 0 Å². The van der Waals surface area contributed by atoms with Crippen LogP contribution in [0.5, 0.6) is 0 Å². The van der Waals surface area contributed by atoms with Gasteiger partial charge in [-0.25, -0.2) is 0 Å². The van der Waals surface area contributed by atoms with Crippen molar-refractivity contribution in [1.82, 2.24) is 0 Å². The van der Waals surface area contributed by atoms with Gasteiger partial charge in [-0.05, 0) is 68.6 Å². The third kappa shape index (κ3) is 1.88. The van der Waals surface area contributed by atoms with Crippen molar-refractivity contribution in [1.29, 1.82) is 0 Å². The van der Waals surface area contributed by atoms with E-state index in [1.165, 1.54) is 5.57 Å². The van der Waals surface area contributed by atoms with Gasteiger partial charge in [0.15, 0.2) is 5.78 Å². The predicted molar refractivity (Wildman–Crippen MR) is 92.3 cm³/mol. The van der Waals surface area contributed by atoms with Crippen LogP contribution in [0.2, 0.25) is 0 Å². The summed E-state index contributed by atoms with van der Waals surface area (Å²) in [7, 11) is 0. The maximum Gasteiger partial charge on any atom is 0.161 e. The minimum absolute atomic E-state index is 0.0486. The molecular formula is C21H30O3. The molecule has 0 radical (unpaired) electrons. The number of carbonyl (C=O) groups is 2. The first-order valence-corrected chi connectivity index (χ1v) is 9.67. The maximum absolute atomic E-state index is 12.2. The molecular weight excluding hydrogens is 300 g/mol. The Kier molecular flexibility index (Phi) is 3.46. The van der Waals surface area contributed by atoms with Crippen molar-refractivity contribution in [3.63, 3.8) is 0 Å². The summed E-state index contributed by atoms with van der Waals surface area (Å²) in [5.74, 6) is 1.94. The van der Waals surface area contributed by atoms with Crippen LogP contribution in [0.3, 0.4) is 0 Å². The third-order valence-electron chi connectivity index (χ3n) is 8.67. The molecule has 3 fully saturated rings. The summed E-state index contributed by atoms with van der Waals surface area (Å²) >= 11 is 0. The molecule has 4 aliphatic rings. The number of ketones is 2. The van der Waals surface area contributed by atoms with Crippen LogP contribution in [-0.4, -0.2) is 22.3 Å². The van der Waals surface area contributed by atoms with E-state index in [2.05, 4.69) is 19.9 Å². The molecule has 24 heavy (non-hydrogen) atoms. The summed E-state index contributed by atoms with van der Waals surface area (Å²) in [5.41, 5.74) is 0.139. The molecule has 6 atom stereocenters. The highest BCUT2D eigenvalue weighted by molar-refractivity contribution is 5.86. The first kappa shape index (κ1) is 16.5. The van der Waals surface area contributed by atoms with Crippen molar-refractivity contribution in [3.8, 4) is 0 Å². The van der Waals surface area contributed by atoms with E-state index in [1.54, 1.807) is 6.92 Å². The monoisotopic (exact) mass is 330 g/mol. The molecule has 0 spiro atoms. The largest absolute Gasteiger partial charge is 0.382 e. The molecule has 0 saturated heterocycles. The molecule has 4 aliphatic carbocycles. The molecule has 1 N–H and O–H groups in total. The zero-order valence-electron chi connectivity index (χ0n) is 15.2. The second-order valence-corrected chi connectivity index (χ2v) is 9.39. The Morgan fingerprint density at radius 2 is 1.88 bits per heavy atom. The van der Waals surface area contributed by atoms with E-state index in [0.717, 1.165) is 38.5 Å². The molecule has 3 saturated carbocycles. The normalized spacial score (nSPS) is 50.6. The van der Waals surface area contributed by atoms with E-state index in [4.69, 9.17) is 0 Å². The highest BCUT2D eigenvalue weighted by Gasteiger charge is 2.65. The van der Waals surface area contributed by atoms with Gasteiger partial charge in [0, 0.05) is 18.3 Å². The summed E-state index contributed by atoms with van der Waals surface area (Å²) in [5, 5.41) is 11.1. The summed E-state index contributed by atoms with van der Waals surface area (Å²) in [6, 6.07) is 0. The van der Waals surface area contributed by atoms with Crippen LogP contribution in [0, 0.1) is 28.6 Å². The zero-order chi connectivity index (χ0) is 17.3. The molecule has 0 heterocycles.